The van der Waals surface area contributed by atoms with Crippen molar-refractivity contribution >= 4 is 5.97 Å². The number of hydrogen-bond acceptors (Lipinski definition) is 2. The molecule has 0 saturated carbocycles. The summed E-state index contributed by atoms with van der Waals surface area (Å²) in [5, 5.41) is 0. The van der Waals surface area contributed by atoms with Crippen LogP contribution >= 0.6 is 0 Å². The highest BCUT2D eigenvalue weighted by molar-refractivity contribution is 6.00. The summed E-state index contributed by atoms with van der Waals surface area (Å²) in [6.45, 7) is 3.98. The predicted octanol–water partition coefficient (Wildman–Crippen LogP) is 5.19. The van der Waals surface area contributed by atoms with E-state index in [1.807, 2.05) is 74.5 Å². The molecule has 114 valence electrons. The fourth-order valence-electron chi connectivity index (χ4n) is 2.73. The van der Waals surface area contributed by atoms with Gasteiger partial charge in [-0.2, -0.15) is 0 Å². The number of para-hydroxylation sites is 1. The number of hydrogen-bond donors (Lipinski definition) is 0. The third-order valence-corrected chi connectivity index (χ3v) is 3.72. The normalized spacial score (nSPS) is 10.3. The molecule has 0 bridgehead atoms. The standard InChI is InChI=1S/C21H18O2/c1-15-13-16(2)20(19(14-15)17-9-5-3-6-10-17)21(22)23-18-11-7-4-8-12-18/h3-14H,1-2H3. The van der Waals surface area contributed by atoms with E-state index in [0.29, 0.717) is 11.3 Å². The minimum absolute atomic E-state index is 0.326. The van der Waals surface area contributed by atoms with Gasteiger partial charge in [0, 0.05) is 0 Å². The van der Waals surface area contributed by atoms with Gasteiger partial charge in [-0.15, -0.1) is 0 Å². The van der Waals surface area contributed by atoms with Crippen molar-refractivity contribution in [3.05, 3.63) is 89.5 Å². The van der Waals surface area contributed by atoms with Crippen molar-refractivity contribution in [2.45, 2.75) is 13.8 Å². The summed E-state index contributed by atoms with van der Waals surface area (Å²) in [4.78, 5) is 12.7. The average molecular weight is 302 g/mol. The Morgan fingerprint density at radius 2 is 1.43 bits per heavy atom. The quantitative estimate of drug-likeness (QED) is 0.491. The van der Waals surface area contributed by atoms with Crippen LogP contribution in [-0.2, 0) is 0 Å². The van der Waals surface area contributed by atoms with Crippen molar-refractivity contribution in [1.82, 2.24) is 0 Å². The molecule has 2 heteroatoms. The molecule has 0 amide bonds. The molecule has 0 atom stereocenters. The summed E-state index contributed by atoms with van der Waals surface area (Å²) in [5.41, 5.74) is 4.58. The first-order valence-electron chi connectivity index (χ1n) is 7.59. The lowest BCUT2D eigenvalue weighted by Crippen LogP contribution is -2.12. The van der Waals surface area contributed by atoms with Crippen LogP contribution in [0.4, 0.5) is 0 Å². The van der Waals surface area contributed by atoms with Crippen LogP contribution in [0, 0.1) is 13.8 Å². The van der Waals surface area contributed by atoms with Gasteiger partial charge in [-0.1, -0.05) is 66.2 Å². The minimum atomic E-state index is -0.326. The summed E-state index contributed by atoms with van der Waals surface area (Å²) < 4.78 is 5.54. The lowest BCUT2D eigenvalue weighted by atomic mass is 9.94. The van der Waals surface area contributed by atoms with Crippen LogP contribution in [0.5, 0.6) is 5.75 Å². The fourth-order valence-corrected chi connectivity index (χ4v) is 2.73. The molecule has 0 aliphatic rings. The monoisotopic (exact) mass is 302 g/mol. The number of carbonyl (C=O) groups is 1. The molecule has 0 aliphatic carbocycles. The van der Waals surface area contributed by atoms with E-state index in [1.54, 1.807) is 12.1 Å². The molecule has 0 heterocycles. The molecular formula is C21H18O2. The topological polar surface area (TPSA) is 26.3 Å². The Bertz CT molecular complexity index is 821. The van der Waals surface area contributed by atoms with Crippen LogP contribution in [0.1, 0.15) is 21.5 Å². The molecule has 0 aliphatic heterocycles. The molecule has 0 aromatic heterocycles. The van der Waals surface area contributed by atoms with Gasteiger partial charge in [0.05, 0.1) is 5.56 Å². The Morgan fingerprint density at radius 1 is 0.826 bits per heavy atom. The van der Waals surface area contributed by atoms with Crippen LogP contribution in [0.3, 0.4) is 0 Å². The summed E-state index contributed by atoms with van der Waals surface area (Å²) in [6.07, 6.45) is 0. The van der Waals surface area contributed by atoms with Crippen LogP contribution in [-0.4, -0.2) is 5.97 Å². The van der Waals surface area contributed by atoms with Gasteiger partial charge < -0.3 is 4.74 Å². The summed E-state index contributed by atoms with van der Waals surface area (Å²) in [7, 11) is 0. The van der Waals surface area contributed by atoms with Gasteiger partial charge in [-0.25, -0.2) is 4.79 Å². The summed E-state index contributed by atoms with van der Waals surface area (Å²) in [5.74, 6) is 0.226. The third kappa shape index (κ3) is 3.32. The molecule has 0 N–H and O–H groups in total. The zero-order chi connectivity index (χ0) is 16.2. The number of rotatable bonds is 3. The smallest absolute Gasteiger partial charge is 0.344 e. The van der Waals surface area contributed by atoms with Crippen molar-refractivity contribution in [1.29, 1.82) is 0 Å². The molecule has 23 heavy (non-hydrogen) atoms. The molecule has 0 spiro atoms. The Hall–Kier alpha value is -2.87. The summed E-state index contributed by atoms with van der Waals surface area (Å²) >= 11 is 0. The second-order valence-electron chi connectivity index (χ2n) is 5.57. The Labute approximate surface area is 136 Å². The maximum atomic E-state index is 12.7. The van der Waals surface area contributed by atoms with Gasteiger partial charge in [-0.3, -0.25) is 0 Å². The predicted molar refractivity (Wildman–Crippen MR) is 92.8 cm³/mol. The number of ether oxygens (including phenoxy) is 1. The largest absolute Gasteiger partial charge is 0.423 e. The highest BCUT2D eigenvalue weighted by atomic mass is 16.5. The van der Waals surface area contributed by atoms with Gasteiger partial charge in [0.2, 0.25) is 0 Å². The van der Waals surface area contributed by atoms with Crippen molar-refractivity contribution in [2.75, 3.05) is 0 Å². The van der Waals surface area contributed by atoms with E-state index in [-0.39, 0.29) is 5.97 Å². The Balaban J connectivity index is 2.06. The van der Waals surface area contributed by atoms with E-state index < -0.39 is 0 Å². The zero-order valence-electron chi connectivity index (χ0n) is 13.2. The number of benzene rings is 3. The molecule has 3 aromatic rings. The fraction of sp³-hybridized carbons (Fsp3) is 0.0952. The number of esters is 1. The minimum Gasteiger partial charge on any atom is -0.423 e. The molecule has 0 radical (unpaired) electrons. The van der Waals surface area contributed by atoms with Crippen LogP contribution < -0.4 is 4.74 Å². The van der Waals surface area contributed by atoms with E-state index >= 15 is 0 Å². The Morgan fingerprint density at radius 3 is 2.09 bits per heavy atom. The van der Waals surface area contributed by atoms with Gasteiger partial charge in [-0.05, 0) is 42.7 Å². The van der Waals surface area contributed by atoms with E-state index in [0.717, 1.165) is 22.3 Å². The van der Waals surface area contributed by atoms with Crippen molar-refractivity contribution < 1.29 is 9.53 Å². The second kappa shape index (κ2) is 6.49. The van der Waals surface area contributed by atoms with Crippen molar-refractivity contribution in [2.24, 2.45) is 0 Å². The van der Waals surface area contributed by atoms with Gasteiger partial charge >= 0.3 is 5.97 Å². The third-order valence-electron chi connectivity index (χ3n) is 3.72. The highest BCUT2D eigenvalue weighted by Crippen LogP contribution is 2.29. The Kier molecular flexibility index (Phi) is 4.24. The number of carbonyl (C=O) groups excluding carboxylic acids is 1. The maximum Gasteiger partial charge on any atom is 0.344 e. The molecule has 0 unspecified atom stereocenters. The zero-order valence-corrected chi connectivity index (χ0v) is 13.2. The van der Waals surface area contributed by atoms with Crippen molar-refractivity contribution in [3.8, 4) is 16.9 Å². The van der Waals surface area contributed by atoms with E-state index in [2.05, 4.69) is 0 Å². The van der Waals surface area contributed by atoms with Crippen LogP contribution in [0.25, 0.3) is 11.1 Å². The highest BCUT2D eigenvalue weighted by Gasteiger charge is 2.18. The maximum absolute atomic E-state index is 12.7. The van der Waals surface area contributed by atoms with Crippen molar-refractivity contribution in [3.63, 3.8) is 0 Å². The SMILES string of the molecule is Cc1cc(C)c(C(=O)Oc2ccccc2)c(-c2ccccc2)c1. The molecule has 3 aromatic carbocycles. The van der Waals surface area contributed by atoms with Gasteiger partial charge in [0.15, 0.2) is 0 Å². The molecular weight excluding hydrogens is 284 g/mol. The first-order valence-corrected chi connectivity index (χ1v) is 7.59. The summed E-state index contributed by atoms with van der Waals surface area (Å²) in [6, 6.07) is 23.1. The second-order valence-corrected chi connectivity index (χ2v) is 5.57. The molecule has 3 rings (SSSR count). The lowest BCUT2D eigenvalue weighted by molar-refractivity contribution is 0.0735. The first kappa shape index (κ1) is 15.0. The first-order chi connectivity index (χ1) is 11.1. The van der Waals surface area contributed by atoms with Gasteiger partial charge in [0.25, 0.3) is 0 Å². The van der Waals surface area contributed by atoms with Crippen LogP contribution in [0.2, 0.25) is 0 Å². The number of aryl methyl sites for hydroxylation is 2. The van der Waals surface area contributed by atoms with Gasteiger partial charge in [0.1, 0.15) is 5.75 Å². The van der Waals surface area contributed by atoms with E-state index in [9.17, 15) is 4.79 Å². The molecule has 0 fully saturated rings. The van der Waals surface area contributed by atoms with E-state index in [4.69, 9.17) is 4.74 Å². The molecule has 0 saturated heterocycles. The van der Waals surface area contributed by atoms with E-state index in [1.165, 1.54) is 0 Å². The van der Waals surface area contributed by atoms with Crippen LogP contribution in [0.15, 0.2) is 72.8 Å². The average Bonchev–Trinajstić information content (AvgIpc) is 2.55. The molecule has 2 nitrogen and oxygen atoms in total. The lowest BCUT2D eigenvalue weighted by Gasteiger charge is -2.14.